The Hall–Kier alpha value is -2.21. The summed E-state index contributed by atoms with van der Waals surface area (Å²) in [5.41, 5.74) is 0.786. The fraction of sp³-hybridized carbons (Fsp3) is 0.133. The summed E-state index contributed by atoms with van der Waals surface area (Å²) < 4.78 is 13.5. The molecule has 21 heavy (non-hydrogen) atoms. The van der Waals surface area contributed by atoms with Crippen molar-refractivity contribution in [3.8, 4) is 0 Å². The van der Waals surface area contributed by atoms with Gasteiger partial charge in [-0.05, 0) is 30.7 Å². The number of nitro benzene ring substituents is 1. The van der Waals surface area contributed by atoms with Gasteiger partial charge in [0, 0.05) is 22.3 Å². The fourth-order valence-corrected chi connectivity index (χ4v) is 2.58. The molecule has 0 aromatic heterocycles. The first-order valence-electron chi connectivity index (χ1n) is 6.14. The molecule has 0 amide bonds. The Labute approximate surface area is 125 Å². The van der Waals surface area contributed by atoms with Crippen molar-refractivity contribution in [1.29, 1.82) is 0 Å². The number of halogens is 1. The van der Waals surface area contributed by atoms with E-state index in [0.29, 0.717) is 16.9 Å². The van der Waals surface area contributed by atoms with Crippen LogP contribution in [0, 0.1) is 15.9 Å². The molecule has 2 aromatic carbocycles. The van der Waals surface area contributed by atoms with E-state index in [0.717, 1.165) is 4.90 Å². The van der Waals surface area contributed by atoms with Gasteiger partial charge >= 0.3 is 5.69 Å². The number of ketones is 1. The number of hydrogen-bond donors (Lipinski definition) is 0. The van der Waals surface area contributed by atoms with Gasteiger partial charge in [-0.25, -0.2) is 0 Å². The fourth-order valence-electron chi connectivity index (χ4n) is 1.74. The standard InChI is InChI=1S/C15H12FNO3S/c1-10(18)12-3-5-13(6-4-12)21-9-11-2-7-15(17(19)20)14(16)8-11/h2-8H,9H2,1H3. The summed E-state index contributed by atoms with van der Waals surface area (Å²) in [5, 5.41) is 10.5. The van der Waals surface area contributed by atoms with Gasteiger partial charge in [0.2, 0.25) is 5.82 Å². The number of rotatable bonds is 5. The van der Waals surface area contributed by atoms with Crippen molar-refractivity contribution in [3.05, 3.63) is 69.5 Å². The van der Waals surface area contributed by atoms with Gasteiger partial charge in [-0.3, -0.25) is 14.9 Å². The number of nitrogens with zero attached hydrogens (tertiary/aromatic N) is 1. The summed E-state index contributed by atoms with van der Waals surface area (Å²) >= 11 is 1.47. The molecule has 0 N–H and O–H groups in total. The minimum absolute atomic E-state index is 0.00369. The number of Topliss-reactive ketones (excluding diaryl/α,β-unsaturated/α-hetero) is 1. The molecule has 0 fully saturated rings. The van der Waals surface area contributed by atoms with Crippen LogP contribution in [0.1, 0.15) is 22.8 Å². The highest BCUT2D eigenvalue weighted by molar-refractivity contribution is 7.98. The molecule has 2 aromatic rings. The molecule has 0 aliphatic heterocycles. The van der Waals surface area contributed by atoms with E-state index in [1.165, 1.54) is 36.9 Å². The number of thioether (sulfide) groups is 1. The lowest BCUT2D eigenvalue weighted by molar-refractivity contribution is -0.387. The monoisotopic (exact) mass is 305 g/mol. The van der Waals surface area contributed by atoms with Gasteiger partial charge in [0.15, 0.2) is 5.78 Å². The van der Waals surface area contributed by atoms with Crippen molar-refractivity contribution in [1.82, 2.24) is 0 Å². The minimum Gasteiger partial charge on any atom is -0.295 e. The van der Waals surface area contributed by atoms with Crippen molar-refractivity contribution < 1.29 is 14.1 Å². The maximum atomic E-state index is 13.5. The van der Waals surface area contributed by atoms with Crippen molar-refractivity contribution in [2.75, 3.05) is 0 Å². The second kappa shape index (κ2) is 6.49. The highest BCUT2D eigenvalue weighted by atomic mass is 32.2. The van der Waals surface area contributed by atoms with Gasteiger partial charge in [-0.15, -0.1) is 11.8 Å². The maximum absolute atomic E-state index is 13.5. The predicted octanol–water partition coefficient (Wildman–Crippen LogP) is 4.23. The van der Waals surface area contributed by atoms with Crippen LogP contribution in [0.2, 0.25) is 0 Å². The normalized spacial score (nSPS) is 10.4. The molecular weight excluding hydrogens is 293 g/mol. The first kappa shape index (κ1) is 15.2. The van der Waals surface area contributed by atoms with Crippen molar-refractivity contribution in [3.63, 3.8) is 0 Å². The van der Waals surface area contributed by atoms with E-state index >= 15 is 0 Å². The van der Waals surface area contributed by atoms with Crippen LogP contribution >= 0.6 is 11.8 Å². The van der Waals surface area contributed by atoms with E-state index in [1.54, 1.807) is 12.1 Å². The molecule has 0 aliphatic rings. The van der Waals surface area contributed by atoms with Crippen LogP contribution in [0.5, 0.6) is 0 Å². The molecule has 0 bridgehead atoms. The van der Waals surface area contributed by atoms with E-state index in [9.17, 15) is 19.3 Å². The van der Waals surface area contributed by atoms with Crippen LogP contribution in [0.4, 0.5) is 10.1 Å². The summed E-state index contributed by atoms with van der Waals surface area (Å²) in [6.07, 6.45) is 0. The zero-order valence-electron chi connectivity index (χ0n) is 11.2. The Balaban J connectivity index is 2.04. The van der Waals surface area contributed by atoms with Gasteiger partial charge in [0.25, 0.3) is 0 Å². The van der Waals surface area contributed by atoms with Crippen molar-refractivity contribution in [2.24, 2.45) is 0 Å². The molecule has 0 heterocycles. The Kier molecular flexibility index (Phi) is 4.70. The van der Waals surface area contributed by atoms with Crippen LogP contribution in [0.15, 0.2) is 47.4 Å². The maximum Gasteiger partial charge on any atom is 0.304 e. The van der Waals surface area contributed by atoms with Crippen molar-refractivity contribution >= 4 is 23.2 Å². The largest absolute Gasteiger partial charge is 0.304 e. The molecule has 2 rings (SSSR count). The molecule has 0 aliphatic carbocycles. The zero-order chi connectivity index (χ0) is 15.4. The third-order valence-electron chi connectivity index (χ3n) is 2.88. The average Bonchev–Trinajstić information content (AvgIpc) is 2.45. The van der Waals surface area contributed by atoms with Crippen LogP contribution < -0.4 is 0 Å². The molecule has 0 atom stereocenters. The quantitative estimate of drug-likeness (QED) is 0.359. The second-order valence-corrected chi connectivity index (χ2v) is 5.46. The predicted molar refractivity (Wildman–Crippen MR) is 79.1 cm³/mol. The van der Waals surface area contributed by atoms with Gasteiger partial charge < -0.3 is 0 Å². The van der Waals surface area contributed by atoms with E-state index in [2.05, 4.69) is 0 Å². The number of benzene rings is 2. The van der Waals surface area contributed by atoms with Crippen LogP contribution in [0.25, 0.3) is 0 Å². The van der Waals surface area contributed by atoms with Crippen LogP contribution in [-0.4, -0.2) is 10.7 Å². The van der Waals surface area contributed by atoms with Crippen molar-refractivity contribution in [2.45, 2.75) is 17.6 Å². The minimum atomic E-state index is -0.829. The van der Waals surface area contributed by atoms with Crippen LogP contribution in [0.3, 0.4) is 0 Å². The van der Waals surface area contributed by atoms with Gasteiger partial charge in [0.1, 0.15) is 0 Å². The van der Waals surface area contributed by atoms with E-state index in [4.69, 9.17) is 0 Å². The Morgan fingerprint density at radius 2 is 1.90 bits per heavy atom. The average molecular weight is 305 g/mol. The molecule has 4 nitrogen and oxygen atoms in total. The molecule has 0 saturated carbocycles. The molecule has 6 heteroatoms. The molecule has 108 valence electrons. The summed E-state index contributed by atoms with van der Waals surface area (Å²) in [7, 11) is 0. The lowest BCUT2D eigenvalue weighted by atomic mass is 10.2. The molecule has 0 saturated heterocycles. The highest BCUT2D eigenvalue weighted by Gasteiger charge is 2.13. The van der Waals surface area contributed by atoms with Gasteiger partial charge in [-0.2, -0.15) is 4.39 Å². The SMILES string of the molecule is CC(=O)c1ccc(SCc2ccc([N+](=O)[O-])c(F)c2)cc1. The number of nitro groups is 1. The number of carbonyl (C=O) groups is 1. The van der Waals surface area contributed by atoms with Crippen LogP contribution in [-0.2, 0) is 5.75 Å². The first-order chi connectivity index (χ1) is 9.97. The summed E-state index contributed by atoms with van der Waals surface area (Å²) in [4.78, 5) is 21.9. The number of hydrogen-bond acceptors (Lipinski definition) is 4. The van der Waals surface area contributed by atoms with E-state index in [1.807, 2.05) is 12.1 Å². The summed E-state index contributed by atoms with van der Waals surface area (Å²) in [6.45, 7) is 1.50. The van der Waals surface area contributed by atoms with Gasteiger partial charge in [-0.1, -0.05) is 18.2 Å². The van der Waals surface area contributed by atoms with E-state index in [-0.39, 0.29) is 5.78 Å². The zero-order valence-corrected chi connectivity index (χ0v) is 12.0. The third-order valence-corrected chi connectivity index (χ3v) is 3.96. The smallest absolute Gasteiger partial charge is 0.295 e. The molecule has 0 spiro atoms. The Bertz CT molecular complexity index is 686. The summed E-state index contributed by atoms with van der Waals surface area (Å²) in [5.74, 6) is -0.331. The second-order valence-electron chi connectivity index (χ2n) is 4.41. The molecule has 0 radical (unpaired) electrons. The van der Waals surface area contributed by atoms with Gasteiger partial charge in [0.05, 0.1) is 4.92 Å². The third kappa shape index (κ3) is 3.88. The highest BCUT2D eigenvalue weighted by Crippen LogP contribution is 2.25. The lowest BCUT2D eigenvalue weighted by Gasteiger charge is -2.03. The molecule has 0 unspecified atom stereocenters. The number of carbonyl (C=O) groups excluding carboxylic acids is 1. The van der Waals surface area contributed by atoms with E-state index < -0.39 is 16.4 Å². The Morgan fingerprint density at radius 3 is 2.43 bits per heavy atom. The lowest BCUT2D eigenvalue weighted by Crippen LogP contribution is -1.93. The summed E-state index contributed by atoms with van der Waals surface area (Å²) in [6, 6.07) is 11.0. The first-order valence-corrected chi connectivity index (χ1v) is 7.12. The Morgan fingerprint density at radius 1 is 1.24 bits per heavy atom. The topological polar surface area (TPSA) is 60.2 Å². The molecular formula is C15H12FNO3S.